The van der Waals surface area contributed by atoms with Crippen molar-refractivity contribution < 1.29 is 23.8 Å². The van der Waals surface area contributed by atoms with Crippen molar-refractivity contribution >= 4 is 28.1 Å². The number of alkyl halides is 1. The van der Waals surface area contributed by atoms with Crippen LogP contribution < -0.4 is 4.74 Å². The number of rotatable bonds is 4. The van der Waals surface area contributed by atoms with Gasteiger partial charge in [-0.2, -0.15) is 0 Å². The van der Waals surface area contributed by atoms with E-state index in [0.29, 0.717) is 5.75 Å². The third kappa shape index (κ3) is 5.67. The molecular weight excluding hydrogens is 352 g/mol. The Morgan fingerprint density at radius 1 is 1.14 bits per heavy atom. The summed E-state index contributed by atoms with van der Waals surface area (Å²) in [4.78, 5) is 22.9. The van der Waals surface area contributed by atoms with Crippen molar-refractivity contribution in [2.45, 2.75) is 38.1 Å². The van der Waals surface area contributed by atoms with Crippen molar-refractivity contribution in [1.29, 1.82) is 0 Å². The summed E-state index contributed by atoms with van der Waals surface area (Å²) in [5.74, 6) is -0.248. The molecule has 22 heavy (non-hydrogen) atoms. The summed E-state index contributed by atoms with van der Waals surface area (Å²) in [6.07, 6.45) is -0.751. The predicted molar refractivity (Wildman–Crippen MR) is 86.2 cm³/mol. The third-order valence-electron chi connectivity index (χ3n) is 2.80. The first-order valence-electron chi connectivity index (χ1n) is 6.86. The fraction of sp³-hybridized carbons (Fsp3) is 0.500. The molecule has 0 saturated heterocycles. The molecule has 0 heterocycles. The van der Waals surface area contributed by atoms with E-state index in [4.69, 9.17) is 14.2 Å². The first-order valence-corrected chi connectivity index (χ1v) is 7.78. The molecule has 2 atom stereocenters. The molecule has 0 spiro atoms. The van der Waals surface area contributed by atoms with Crippen molar-refractivity contribution in [2.75, 3.05) is 7.11 Å². The van der Waals surface area contributed by atoms with Gasteiger partial charge in [-0.3, -0.25) is 4.79 Å². The van der Waals surface area contributed by atoms with E-state index >= 15 is 0 Å². The van der Waals surface area contributed by atoms with Gasteiger partial charge in [-0.05, 0) is 38.5 Å². The van der Waals surface area contributed by atoms with Gasteiger partial charge in [0.25, 0.3) is 0 Å². The van der Waals surface area contributed by atoms with Crippen LogP contribution in [-0.2, 0) is 14.3 Å². The quantitative estimate of drug-likeness (QED) is 0.449. The molecule has 1 aromatic carbocycles. The minimum Gasteiger partial charge on any atom is -0.469 e. The minimum absolute atomic E-state index is 0.185. The van der Waals surface area contributed by atoms with Gasteiger partial charge < -0.3 is 14.2 Å². The molecule has 0 aliphatic heterocycles. The molecule has 0 N–H and O–H groups in total. The zero-order valence-electron chi connectivity index (χ0n) is 13.4. The summed E-state index contributed by atoms with van der Waals surface area (Å²) in [6.45, 7) is 7.07. The van der Waals surface area contributed by atoms with E-state index < -0.39 is 11.8 Å². The maximum atomic E-state index is 11.6. The molecule has 0 saturated carbocycles. The smallest absolute Gasteiger partial charge is 0.469 e. The summed E-state index contributed by atoms with van der Waals surface area (Å²) in [7, 11) is 1.36. The highest BCUT2D eigenvalue weighted by Gasteiger charge is 2.24. The van der Waals surface area contributed by atoms with Gasteiger partial charge in [0.15, 0.2) is 0 Å². The zero-order chi connectivity index (χ0) is 16.9. The van der Waals surface area contributed by atoms with Crippen LogP contribution in [0.2, 0.25) is 0 Å². The maximum absolute atomic E-state index is 11.6. The number of hydrogen-bond donors (Lipinski definition) is 0. The monoisotopic (exact) mass is 372 g/mol. The van der Waals surface area contributed by atoms with Crippen LogP contribution in [0.3, 0.4) is 0 Å². The van der Waals surface area contributed by atoms with E-state index in [1.165, 1.54) is 7.11 Å². The summed E-state index contributed by atoms with van der Waals surface area (Å²) in [5, 5.41) is 0. The van der Waals surface area contributed by atoms with E-state index in [1.54, 1.807) is 52.0 Å². The Bertz CT molecular complexity index is 518. The second-order valence-electron chi connectivity index (χ2n) is 5.85. The molecule has 0 aromatic heterocycles. The Balaban J connectivity index is 2.70. The molecule has 122 valence electrons. The number of ether oxygens (including phenoxy) is 3. The lowest BCUT2D eigenvalue weighted by Gasteiger charge is -2.19. The Morgan fingerprint density at radius 2 is 1.68 bits per heavy atom. The van der Waals surface area contributed by atoms with Gasteiger partial charge in [-0.1, -0.05) is 35.0 Å². The van der Waals surface area contributed by atoms with Crippen molar-refractivity contribution in [3.63, 3.8) is 0 Å². The second kappa shape index (κ2) is 7.63. The molecular formula is C16H21BrO5. The van der Waals surface area contributed by atoms with Gasteiger partial charge in [-0.15, -0.1) is 0 Å². The lowest BCUT2D eigenvalue weighted by Crippen LogP contribution is -2.25. The number of halogens is 1. The molecule has 0 fully saturated rings. The average Bonchev–Trinajstić information content (AvgIpc) is 2.43. The Hall–Kier alpha value is -1.56. The largest absolute Gasteiger partial charge is 0.514 e. The van der Waals surface area contributed by atoms with Gasteiger partial charge in [0.2, 0.25) is 0 Å². The first-order chi connectivity index (χ1) is 10.1. The highest BCUT2D eigenvalue weighted by molar-refractivity contribution is 9.09. The molecule has 1 aromatic rings. The highest BCUT2D eigenvalue weighted by atomic mass is 79.9. The van der Waals surface area contributed by atoms with Gasteiger partial charge in [0.05, 0.1) is 17.9 Å². The molecule has 1 rings (SSSR count). The summed E-state index contributed by atoms with van der Waals surface area (Å²) < 4.78 is 14.9. The fourth-order valence-electron chi connectivity index (χ4n) is 1.68. The van der Waals surface area contributed by atoms with Crippen LogP contribution in [0.4, 0.5) is 4.79 Å². The summed E-state index contributed by atoms with van der Waals surface area (Å²) >= 11 is 3.47. The Kier molecular flexibility index (Phi) is 6.41. The van der Waals surface area contributed by atoms with Crippen LogP contribution in [0.1, 0.15) is 38.1 Å². The lowest BCUT2D eigenvalue weighted by atomic mass is 10.0. The van der Waals surface area contributed by atoms with Crippen LogP contribution >= 0.6 is 15.9 Å². The van der Waals surface area contributed by atoms with Crippen LogP contribution in [0.5, 0.6) is 5.75 Å². The average molecular weight is 373 g/mol. The number of benzene rings is 1. The fourth-order valence-corrected chi connectivity index (χ4v) is 2.20. The number of esters is 1. The Morgan fingerprint density at radius 3 is 2.14 bits per heavy atom. The molecule has 5 nitrogen and oxygen atoms in total. The summed E-state index contributed by atoms with van der Waals surface area (Å²) in [6, 6.07) is 6.85. The third-order valence-corrected chi connectivity index (χ3v) is 4.12. The number of methoxy groups -OCH3 is 1. The van der Waals surface area contributed by atoms with E-state index in [2.05, 4.69) is 15.9 Å². The number of carbonyl (C=O) groups excluding carboxylic acids is 2. The van der Waals surface area contributed by atoms with Crippen molar-refractivity contribution in [2.24, 2.45) is 5.92 Å². The van der Waals surface area contributed by atoms with E-state index in [9.17, 15) is 9.59 Å². The van der Waals surface area contributed by atoms with Crippen LogP contribution in [0, 0.1) is 5.92 Å². The Labute approximate surface area is 139 Å². The molecule has 0 amide bonds. The molecule has 0 radical (unpaired) electrons. The first kappa shape index (κ1) is 18.5. The van der Waals surface area contributed by atoms with Gasteiger partial charge in [0.1, 0.15) is 11.4 Å². The number of carbonyl (C=O) groups is 2. The SMILES string of the molecule is COC(=O)C(C)C(Br)c1ccc(OC(=O)OC(C)(C)C)cc1. The van der Waals surface area contributed by atoms with Crippen molar-refractivity contribution in [3.05, 3.63) is 29.8 Å². The standard InChI is InChI=1S/C16H21BrO5/c1-10(14(18)20-5)13(17)11-6-8-12(9-7-11)21-15(19)22-16(2,3)4/h6-10,13H,1-5H3. The van der Waals surface area contributed by atoms with E-state index in [-0.39, 0.29) is 16.7 Å². The molecule has 0 aliphatic rings. The minimum atomic E-state index is -0.751. The topological polar surface area (TPSA) is 61.8 Å². The lowest BCUT2D eigenvalue weighted by molar-refractivity contribution is -0.144. The second-order valence-corrected chi connectivity index (χ2v) is 6.84. The van der Waals surface area contributed by atoms with E-state index in [0.717, 1.165) is 5.56 Å². The normalized spacial score (nSPS) is 13.9. The molecule has 0 aliphatic carbocycles. The van der Waals surface area contributed by atoms with Crippen molar-refractivity contribution in [3.8, 4) is 5.75 Å². The molecule has 0 bridgehead atoms. The van der Waals surface area contributed by atoms with Crippen LogP contribution in [0.15, 0.2) is 24.3 Å². The van der Waals surface area contributed by atoms with E-state index in [1.807, 2.05) is 0 Å². The van der Waals surface area contributed by atoms with Gasteiger partial charge in [-0.25, -0.2) is 4.79 Å². The molecule has 6 heteroatoms. The summed E-state index contributed by atoms with van der Waals surface area (Å²) in [5.41, 5.74) is 0.280. The van der Waals surface area contributed by atoms with Gasteiger partial charge in [0, 0.05) is 0 Å². The van der Waals surface area contributed by atoms with Crippen LogP contribution in [-0.4, -0.2) is 24.8 Å². The zero-order valence-corrected chi connectivity index (χ0v) is 15.0. The molecule has 2 unspecified atom stereocenters. The highest BCUT2D eigenvalue weighted by Crippen LogP contribution is 2.32. The predicted octanol–water partition coefficient (Wildman–Crippen LogP) is 4.25. The van der Waals surface area contributed by atoms with Gasteiger partial charge >= 0.3 is 12.1 Å². The number of hydrogen-bond acceptors (Lipinski definition) is 5. The maximum Gasteiger partial charge on any atom is 0.514 e. The van der Waals surface area contributed by atoms with Crippen LogP contribution in [0.25, 0.3) is 0 Å². The van der Waals surface area contributed by atoms with Crippen molar-refractivity contribution in [1.82, 2.24) is 0 Å².